The lowest BCUT2D eigenvalue weighted by atomic mass is 10.1. The number of phenols is 1. The van der Waals surface area contributed by atoms with E-state index in [4.69, 9.17) is 4.42 Å². The molecule has 3 aromatic rings. The summed E-state index contributed by atoms with van der Waals surface area (Å²) in [5.41, 5.74) is 2.39. The van der Waals surface area contributed by atoms with Crippen molar-refractivity contribution < 1.29 is 27.8 Å². The molecule has 0 saturated heterocycles. The summed E-state index contributed by atoms with van der Waals surface area (Å²) in [6.07, 6.45) is 3.20. The number of ether oxygens (including phenoxy) is 1. The average molecular weight is 374 g/mol. The molecule has 0 radical (unpaired) electrons. The highest BCUT2D eigenvalue weighted by Gasteiger charge is 2.15. The van der Waals surface area contributed by atoms with Gasteiger partial charge in [0.15, 0.2) is 11.5 Å². The van der Waals surface area contributed by atoms with Gasteiger partial charge in [0.2, 0.25) is 5.89 Å². The predicted molar refractivity (Wildman–Crippen MR) is 91.6 cm³/mol. The molecule has 1 aromatic carbocycles. The van der Waals surface area contributed by atoms with E-state index in [0.29, 0.717) is 17.0 Å². The van der Waals surface area contributed by atoms with Crippen molar-refractivity contribution in [1.82, 2.24) is 9.97 Å². The van der Waals surface area contributed by atoms with E-state index in [-0.39, 0.29) is 30.3 Å². The first kappa shape index (κ1) is 18.5. The van der Waals surface area contributed by atoms with Crippen LogP contribution in [0, 0.1) is 6.92 Å². The van der Waals surface area contributed by atoms with Crippen LogP contribution in [0.5, 0.6) is 11.5 Å². The highest BCUT2D eigenvalue weighted by molar-refractivity contribution is 5.82. The van der Waals surface area contributed by atoms with Gasteiger partial charge in [0.05, 0.1) is 17.8 Å². The number of hydrogen-bond donors (Lipinski definition) is 1. The van der Waals surface area contributed by atoms with Gasteiger partial charge in [-0.05, 0) is 36.8 Å². The monoisotopic (exact) mass is 374 g/mol. The number of benzene rings is 1. The highest BCUT2D eigenvalue weighted by Crippen LogP contribution is 2.32. The first-order valence-corrected chi connectivity index (χ1v) is 8.07. The van der Waals surface area contributed by atoms with E-state index in [0.717, 1.165) is 5.56 Å². The first-order chi connectivity index (χ1) is 12.9. The number of aromatic nitrogens is 2. The number of oxazole rings is 1. The third-order valence-corrected chi connectivity index (χ3v) is 3.84. The van der Waals surface area contributed by atoms with Crippen molar-refractivity contribution in [2.24, 2.45) is 0 Å². The summed E-state index contributed by atoms with van der Waals surface area (Å²) in [5.74, 6) is -0.759. The number of carbonyl (C=O) groups excluding carboxylic acids is 1. The normalized spacial score (nSPS) is 11.0. The second-order valence-corrected chi connectivity index (χ2v) is 5.86. The number of alkyl halides is 2. The fraction of sp³-hybridized carbons (Fsp3) is 0.211. The lowest BCUT2D eigenvalue weighted by molar-refractivity contribution is -0.117. The maximum atomic E-state index is 12.4. The maximum Gasteiger partial charge on any atom is 0.387 e. The fourth-order valence-electron chi connectivity index (χ4n) is 2.51. The molecule has 3 rings (SSSR count). The Bertz CT molecular complexity index is 956. The van der Waals surface area contributed by atoms with E-state index in [9.17, 15) is 18.7 Å². The molecule has 0 saturated carbocycles. The number of phenolic OH excluding ortho intramolecular Hbond substituents is 1. The van der Waals surface area contributed by atoms with Gasteiger partial charge in [-0.1, -0.05) is 6.07 Å². The summed E-state index contributed by atoms with van der Waals surface area (Å²) < 4.78 is 34.3. The number of Topliss-reactive ketones (excluding diaryl/α,β-unsaturated/α-hetero) is 1. The van der Waals surface area contributed by atoms with Crippen molar-refractivity contribution in [3.05, 3.63) is 59.7 Å². The fourth-order valence-corrected chi connectivity index (χ4v) is 2.51. The van der Waals surface area contributed by atoms with Crippen LogP contribution in [0.25, 0.3) is 11.5 Å². The van der Waals surface area contributed by atoms with Crippen molar-refractivity contribution in [2.45, 2.75) is 26.4 Å². The molecule has 0 aliphatic carbocycles. The van der Waals surface area contributed by atoms with Crippen molar-refractivity contribution in [1.29, 1.82) is 0 Å². The lowest BCUT2D eigenvalue weighted by Gasteiger charge is -2.07. The SMILES string of the molecule is Cc1cccnc1CC(=O)Cc1coc(-c2ccc(O)c(OC(F)F)c2)n1. The summed E-state index contributed by atoms with van der Waals surface area (Å²) in [4.78, 5) is 20.6. The molecule has 27 heavy (non-hydrogen) atoms. The number of rotatable bonds is 7. The molecule has 6 nitrogen and oxygen atoms in total. The van der Waals surface area contributed by atoms with Gasteiger partial charge >= 0.3 is 6.61 Å². The summed E-state index contributed by atoms with van der Waals surface area (Å²) in [5, 5.41) is 9.56. The van der Waals surface area contributed by atoms with E-state index < -0.39 is 12.4 Å². The molecule has 0 aliphatic heterocycles. The van der Waals surface area contributed by atoms with Crippen LogP contribution in [0.3, 0.4) is 0 Å². The molecule has 140 valence electrons. The van der Waals surface area contributed by atoms with E-state index >= 15 is 0 Å². The van der Waals surface area contributed by atoms with E-state index in [1.165, 1.54) is 24.5 Å². The summed E-state index contributed by atoms with van der Waals surface area (Å²) in [6.45, 7) is -1.19. The minimum Gasteiger partial charge on any atom is -0.504 e. The number of hydrogen-bond acceptors (Lipinski definition) is 6. The van der Waals surface area contributed by atoms with Crippen LogP contribution in [0.15, 0.2) is 47.2 Å². The van der Waals surface area contributed by atoms with Crippen LogP contribution >= 0.6 is 0 Å². The molecule has 0 amide bonds. The Morgan fingerprint density at radius 1 is 1.30 bits per heavy atom. The largest absolute Gasteiger partial charge is 0.504 e. The van der Waals surface area contributed by atoms with Gasteiger partial charge in [0.25, 0.3) is 0 Å². The Kier molecular flexibility index (Phi) is 5.44. The average Bonchev–Trinajstić information content (AvgIpc) is 3.07. The van der Waals surface area contributed by atoms with Gasteiger partial charge in [-0.25, -0.2) is 4.98 Å². The number of aromatic hydroxyl groups is 1. The number of carbonyl (C=O) groups is 1. The van der Waals surface area contributed by atoms with Gasteiger partial charge in [0.1, 0.15) is 12.0 Å². The van der Waals surface area contributed by atoms with Crippen molar-refractivity contribution in [3.63, 3.8) is 0 Å². The predicted octanol–water partition coefficient (Wildman–Crippen LogP) is 3.71. The molecule has 2 aromatic heterocycles. The van der Waals surface area contributed by atoms with E-state index in [1.54, 1.807) is 12.3 Å². The Labute approximate surface area is 153 Å². The summed E-state index contributed by atoms with van der Waals surface area (Å²) in [7, 11) is 0. The zero-order chi connectivity index (χ0) is 19.4. The Hall–Kier alpha value is -3.29. The van der Waals surface area contributed by atoms with Crippen molar-refractivity contribution >= 4 is 5.78 Å². The number of halogens is 2. The summed E-state index contributed by atoms with van der Waals surface area (Å²) in [6, 6.07) is 7.52. The van der Waals surface area contributed by atoms with Crippen LogP contribution in [-0.2, 0) is 17.6 Å². The molecule has 0 fully saturated rings. The highest BCUT2D eigenvalue weighted by atomic mass is 19.3. The van der Waals surface area contributed by atoms with Crippen LogP contribution < -0.4 is 4.74 Å². The van der Waals surface area contributed by atoms with Crippen LogP contribution in [0.4, 0.5) is 8.78 Å². The minimum atomic E-state index is -3.07. The molecular formula is C19H16F2N2O4. The summed E-state index contributed by atoms with van der Waals surface area (Å²) >= 11 is 0. The van der Waals surface area contributed by atoms with Gasteiger partial charge in [-0.15, -0.1) is 0 Å². The molecular weight excluding hydrogens is 358 g/mol. The molecule has 0 atom stereocenters. The minimum absolute atomic E-state index is 0.0536. The molecule has 0 spiro atoms. The topological polar surface area (TPSA) is 85.5 Å². The smallest absolute Gasteiger partial charge is 0.387 e. The lowest BCUT2D eigenvalue weighted by Crippen LogP contribution is -2.09. The van der Waals surface area contributed by atoms with Crippen LogP contribution in [0.2, 0.25) is 0 Å². The van der Waals surface area contributed by atoms with E-state index in [2.05, 4.69) is 14.7 Å². The number of nitrogens with zero attached hydrogens (tertiary/aromatic N) is 2. The van der Waals surface area contributed by atoms with Gasteiger partial charge < -0.3 is 14.3 Å². The van der Waals surface area contributed by atoms with Gasteiger partial charge in [-0.3, -0.25) is 9.78 Å². The van der Waals surface area contributed by atoms with Gasteiger partial charge in [0, 0.05) is 18.2 Å². The molecule has 0 aliphatic rings. The van der Waals surface area contributed by atoms with Crippen LogP contribution in [-0.4, -0.2) is 27.5 Å². The second kappa shape index (κ2) is 7.94. The third kappa shape index (κ3) is 4.66. The zero-order valence-corrected chi connectivity index (χ0v) is 14.4. The van der Waals surface area contributed by atoms with Gasteiger partial charge in [-0.2, -0.15) is 8.78 Å². The van der Waals surface area contributed by atoms with Crippen molar-refractivity contribution in [2.75, 3.05) is 0 Å². The zero-order valence-electron chi connectivity index (χ0n) is 14.4. The quantitative estimate of drug-likeness (QED) is 0.679. The Morgan fingerprint density at radius 2 is 2.11 bits per heavy atom. The molecule has 0 unspecified atom stereocenters. The number of aryl methyl sites for hydroxylation is 1. The number of ketones is 1. The maximum absolute atomic E-state index is 12.4. The first-order valence-electron chi connectivity index (χ1n) is 8.07. The van der Waals surface area contributed by atoms with Crippen LogP contribution in [0.1, 0.15) is 17.0 Å². The molecule has 0 bridgehead atoms. The standard InChI is InChI=1S/C19H16F2N2O4/c1-11-3-2-6-22-15(11)9-14(24)8-13-10-26-18(23-13)12-4-5-16(25)17(7-12)27-19(20)21/h2-7,10,19,25H,8-9H2,1H3. The number of pyridine rings is 1. The Morgan fingerprint density at radius 3 is 2.85 bits per heavy atom. The second-order valence-electron chi connectivity index (χ2n) is 5.86. The molecule has 2 heterocycles. The van der Waals surface area contributed by atoms with Crippen molar-refractivity contribution in [3.8, 4) is 23.0 Å². The van der Waals surface area contributed by atoms with E-state index in [1.807, 2.05) is 13.0 Å². The third-order valence-electron chi connectivity index (χ3n) is 3.84. The molecule has 1 N–H and O–H groups in total. The molecule has 8 heteroatoms. The Balaban J connectivity index is 1.71.